The number of aromatic nitrogens is 1. The Morgan fingerprint density at radius 3 is 2.54 bits per heavy atom. The number of fused-ring (bicyclic) bond motifs is 1. The number of urea groups is 1. The van der Waals surface area contributed by atoms with E-state index in [9.17, 15) is 9.59 Å². The highest BCUT2D eigenvalue weighted by molar-refractivity contribution is 6.08. The van der Waals surface area contributed by atoms with E-state index in [1.807, 2.05) is 26.0 Å². The van der Waals surface area contributed by atoms with Crippen molar-refractivity contribution in [1.29, 1.82) is 0 Å². The van der Waals surface area contributed by atoms with Crippen LogP contribution in [0.5, 0.6) is 0 Å². The largest absolute Gasteiger partial charge is 0.357 e. The topological polar surface area (TPSA) is 81.1 Å². The Hall–Kier alpha value is -2.64. The number of hydrogen-bond acceptors (Lipinski definition) is 6. The van der Waals surface area contributed by atoms with Crippen LogP contribution in [0.3, 0.4) is 0 Å². The Labute approximate surface area is 152 Å². The molecule has 4 rings (SSSR count). The van der Waals surface area contributed by atoms with Crippen LogP contribution < -0.4 is 10.2 Å². The van der Waals surface area contributed by atoms with E-state index in [-0.39, 0.29) is 11.9 Å². The monoisotopic (exact) mass is 356 g/mol. The van der Waals surface area contributed by atoms with E-state index < -0.39 is 12.2 Å². The maximum Gasteiger partial charge on any atom is 0.328 e. The number of nitrogens with zero attached hydrogens (tertiary/aromatic N) is 5. The van der Waals surface area contributed by atoms with Crippen molar-refractivity contribution in [3.05, 3.63) is 23.9 Å². The van der Waals surface area contributed by atoms with Crippen molar-refractivity contribution < 1.29 is 9.59 Å². The molecule has 8 heteroatoms. The molecule has 3 aliphatic rings. The summed E-state index contributed by atoms with van der Waals surface area (Å²) in [5.74, 6) is 1.38. The summed E-state index contributed by atoms with van der Waals surface area (Å²) < 4.78 is 0. The molecule has 138 valence electrons. The first-order valence-electron chi connectivity index (χ1n) is 9.31. The number of carbonyl (C=O) groups is 2. The van der Waals surface area contributed by atoms with Crippen LogP contribution >= 0.6 is 0 Å². The fourth-order valence-electron chi connectivity index (χ4n) is 3.87. The van der Waals surface area contributed by atoms with Crippen molar-refractivity contribution in [2.75, 3.05) is 31.1 Å². The van der Waals surface area contributed by atoms with E-state index in [1.54, 1.807) is 11.1 Å². The first-order valence-corrected chi connectivity index (χ1v) is 9.31. The summed E-state index contributed by atoms with van der Waals surface area (Å²) in [6, 6.07) is 3.18. The number of nitrogens with one attached hydrogen (secondary N) is 1. The Bertz CT molecular complexity index is 741. The molecule has 1 aromatic heterocycles. The number of imide groups is 1. The predicted octanol–water partition coefficient (Wildman–Crippen LogP) is 1.03. The lowest BCUT2D eigenvalue weighted by Crippen LogP contribution is -2.65. The summed E-state index contributed by atoms with van der Waals surface area (Å²) in [4.78, 5) is 39.5. The van der Waals surface area contributed by atoms with Gasteiger partial charge in [0.15, 0.2) is 6.17 Å². The van der Waals surface area contributed by atoms with Crippen molar-refractivity contribution in [3.8, 4) is 0 Å². The number of carbonyl (C=O) groups excluding carboxylic acids is 2. The third-order valence-electron chi connectivity index (χ3n) is 5.29. The number of aliphatic imine (C=N–C) groups is 1. The third-order valence-corrected chi connectivity index (χ3v) is 5.29. The standard InChI is InChI=1S/C18H24N6O2/c1-3-23-16-14(17(25)24(4-2)18(23)26)20-15(21-16)12-7-8-13(19-11-12)22-9-5-6-10-22/h7-8,11,14,16H,3-6,9-10H2,1-2H3,(H,20,21). The molecule has 0 saturated carbocycles. The van der Waals surface area contributed by atoms with Crippen molar-refractivity contribution in [2.24, 2.45) is 4.99 Å². The van der Waals surface area contributed by atoms with Gasteiger partial charge < -0.3 is 10.2 Å². The van der Waals surface area contributed by atoms with Crippen molar-refractivity contribution in [3.63, 3.8) is 0 Å². The number of hydrogen-bond donors (Lipinski definition) is 1. The SMILES string of the molecule is CCN1C(=O)C2NC(c3ccc(N4CCCC4)nc3)=NC2N(CC)C1=O. The molecule has 2 atom stereocenters. The second kappa shape index (κ2) is 6.59. The molecular weight excluding hydrogens is 332 g/mol. The molecule has 26 heavy (non-hydrogen) atoms. The molecule has 8 nitrogen and oxygen atoms in total. The average molecular weight is 356 g/mol. The number of rotatable bonds is 4. The van der Waals surface area contributed by atoms with Gasteiger partial charge in [0.05, 0.1) is 0 Å². The smallest absolute Gasteiger partial charge is 0.328 e. The minimum absolute atomic E-state index is 0.215. The molecule has 0 radical (unpaired) electrons. The molecule has 1 N–H and O–H groups in total. The fraction of sp³-hybridized carbons (Fsp3) is 0.556. The first-order chi connectivity index (χ1) is 12.6. The zero-order valence-electron chi connectivity index (χ0n) is 15.2. The summed E-state index contributed by atoms with van der Waals surface area (Å²) in [6.45, 7) is 6.67. The average Bonchev–Trinajstić information content (AvgIpc) is 3.33. The molecule has 3 amide bonds. The molecule has 2 fully saturated rings. The number of pyridine rings is 1. The van der Waals surface area contributed by atoms with Crippen molar-refractivity contribution >= 4 is 23.6 Å². The number of likely N-dealkylation sites (N-methyl/N-ethyl adjacent to an activating group) is 2. The Kier molecular flexibility index (Phi) is 4.26. The fourth-order valence-corrected chi connectivity index (χ4v) is 3.87. The Morgan fingerprint density at radius 2 is 1.92 bits per heavy atom. The number of amides is 3. The molecular formula is C18H24N6O2. The second-order valence-electron chi connectivity index (χ2n) is 6.76. The van der Waals surface area contributed by atoms with Gasteiger partial charge in [-0.3, -0.25) is 14.6 Å². The van der Waals surface area contributed by atoms with Crippen molar-refractivity contribution in [2.45, 2.75) is 38.9 Å². The van der Waals surface area contributed by atoms with E-state index in [1.165, 1.54) is 17.7 Å². The van der Waals surface area contributed by atoms with E-state index in [0.29, 0.717) is 18.9 Å². The molecule has 4 heterocycles. The lowest BCUT2D eigenvalue weighted by Gasteiger charge is -2.39. The maximum absolute atomic E-state index is 12.6. The van der Waals surface area contributed by atoms with Crippen LogP contribution in [-0.4, -0.2) is 70.9 Å². The zero-order valence-corrected chi connectivity index (χ0v) is 15.2. The summed E-state index contributed by atoms with van der Waals surface area (Å²) >= 11 is 0. The highest BCUT2D eigenvalue weighted by Gasteiger charge is 2.48. The van der Waals surface area contributed by atoms with Crippen LogP contribution in [0.15, 0.2) is 23.3 Å². The number of amidine groups is 1. The Morgan fingerprint density at radius 1 is 1.15 bits per heavy atom. The van der Waals surface area contributed by atoms with E-state index in [2.05, 4.69) is 20.2 Å². The van der Waals surface area contributed by atoms with Gasteiger partial charge in [-0.1, -0.05) is 0 Å². The first kappa shape index (κ1) is 16.8. The van der Waals surface area contributed by atoms with Gasteiger partial charge in [0.1, 0.15) is 17.7 Å². The van der Waals surface area contributed by atoms with E-state index in [0.717, 1.165) is 24.5 Å². The molecule has 2 unspecified atom stereocenters. The molecule has 0 aromatic carbocycles. The lowest BCUT2D eigenvalue weighted by atomic mass is 10.1. The minimum atomic E-state index is -0.527. The van der Waals surface area contributed by atoms with Crippen LogP contribution in [-0.2, 0) is 4.79 Å². The Balaban J connectivity index is 1.58. The van der Waals surface area contributed by atoms with Gasteiger partial charge in [-0.15, -0.1) is 0 Å². The van der Waals surface area contributed by atoms with Gasteiger partial charge in [-0.05, 0) is 38.8 Å². The minimum Gasteiger partial charge on any atom is -0.357 e. The maximum atomic E-state index is 12.6. The van der Waals surface area contributed by atoms with Gasteiger partial charge in [-0.25, -0.2) is 14.8 Å². The summed E-state index contributed by atoms with van der Waals surface area (Å²) in [7, 11) is 0. The normalized spacial score (nSPS) is 25.5. The molecule has 0 aliphatic carbocycles. The van der Waals surface area contributed by atoms with Crippen LogP contribution in [0, 0.1) is 0 Å². The second-order valence-corrected chi connectivity index (χ2v) is 6.76. The van der Waals surface area contributed by atoms with E-state index in [4.69, 9.17) is 0 Å². The lowest BCUT2D eigenvalue weighted by molar-refractivity contribution is -0.134. The van der Waals surface area contributed by atoms with Gasteiger partial charge in [0, 0.05) is 37.9 Å². The van der Waals surface area contributed by atoms with Crippen molar-refractivity contribution in [1.82, 2.24) is 20.1 Å². The zero-order chi connectivity index (χ0) is 18.3. The molecule has 3 aliphatic heterocycles. The van der Waals surface area contributed by atoms with Gasteiger partial charge in [-0.2, -0.15) is 0 Å². The quantitative estimate of drug-likeness (QED) is 0.871. The van der Waals surface area contributed by atoms with Crippen LogP contribution in [0.4, 0.5) is 10.6 Å². The van der Waals surface area contributed by atoms with Crippen LogP contribution in [0.1, 0.15) is 32.3 Å². The van der Waals surface area contributed by atoms with Crippen LogP contribution in [0.2, 0.25) is 0 Å². The highest BCUT2D eigenvalue weighted by Crippen LogP contribution is 2.25. The molecule has 0 spiro atoms. The predicted molar refractivity (Wildman–Crippen MR) is 98.1 cm³/mol. The van der Waals surface area contributed by atoms with Gasteiger partial charge in [0.25, 0.3) is 5.91 Å². The highest BCUT2D eigenvalue weighted by atomic mass is 16.2. The van der Waals surface area contributed by atoms with Gasteiger partial charge >= 0.3 is 6.03 Å². The third kappa shape index (κ3) is 2.60. The summed E-state index contributed by atoms with van der Waals surface area (Å²) in [5, 5.41) is 3.21. The molecule has 2 saturated heterocycles. The summed E-state index contributed by atoms with van der Waals surface area (Å²) in [6.07, 6.45) is 3.71. The number of anilines is 1. The molecule has 0 bridgehead atoms. The van der Waals surface area contributed by atoms with Crippen LogP contribution in [0.25, 0.3) is 0 Å². The van der Waals surface area contributed by atoms with Gasteiger partial charge in [0.2, 0.25) is 0 Å². The summed E-state index contributed by atoms with van der Waals surface area (Å²) in [5.41, 5.74) is 0.835. The van der Waals surface area contributed by atoms with E-state index >= 15 is 0 Å². The molecule has 1 aromatic rings.